The van der Waals surface area contributed by atoms with Crippen LogP contribution in [0.2, 0.25) is 0 Å². The van der Waals surface area contributed by atoms with Crippen LogP contribution >= 0.6 is 0 Å². The molecule has 2 rings (SSSR count). The quantitative estimate of drug-likeness (QED) is 0.784. The Bertz CT molecular complexity index is 322. The summed E-state index contributed by atoms with van der Waals surface area (Å²) in [6, 6.07) is 9.19. The molecule has 0 spiro atoms. The van der Waals surface area contributed by atoms with Crippen LogP contribution in [0.25, 0.3) is 0 Å². The van der Waals surface area contributed by atoms with Crippen molar-refractivity contribution in [3.8, 4) is 0 Å². The van der Waals surface area contributed by atoms with Crippen LogP contribution in [0, 0.1) is 0 Å². The molecule has 82 valence electrons. The molecule has 1 aliphatic rings. The van der Waals surface area contributed by atoms with E-state index in [0.29, 0.717) is 12.6 Å². The number of rotatable bonds is 3. The molecule has 1 aliphatic carbocycles. The van der Waals surface area contributed by atoms with E-state index in [1.165, 1.54) is 17.5 Å². The molecule has 2 atom stereocenters. The number of fused-ring (bicyclic) bond motifs is 1. The topological polar surface area (TPSA) is 32.3 Å². The zero-order valence-electron chi connectivity index (χ0n) is 9.24. The zero-order chi connectivity index (χ0) is 10.7. The Morgan fingerprint density at radius 2 is 2.13 bits per heavy atom. The van der Waals surface area contributed by atoms with Gasteiger partial charge < -0.3 is 10.4 Å². The minimum absolute atomic E-state index is 0.248. The first kappa shape index (κ1) is 10.7. The number of benzene rings is 1. The fourth-order valence-electron chi connectivity index (χ4n) is 2.21. The average molecular weight is 205 g/mol. The van der Waals surface area contributed by atoms with Crippen LogP contribution in [0.4, 0.5) is 0 Å². The summed E-state index contributed by atoms with van der Waals surface area (Å²) in [5.41, 5.74) is 2.96. The molecule has 1 unspecified atom stereocenters. The van der Waals surface area contributed by atoms with Gasteiger partial charge in [-0.3, -0.25) is 0 Å². The van der Waals surface area contributed by atoms with Crippen LogP contribution in [-0.4, -0.2) is 23.8 Å². The van der Waals surface area contributed by atoms with E-state index in [1.807, 2.05) is 6.92 Å². The summed E-state index contributed by atoms with van der Waals surface area (Å²) in [5.74, 6) is 0. The normalized spacial score (nSPS) is 22.1. The summed E-state index contributed by atoms with van der Waals surface area (Å²) in [4.78, 5) is 0. The van der Waals surface area contributed by atoms with Gasteiger partial charge in [-0.25, -0.2) is 0 Å². The number of aliphatic hydroxyl groups is 1. The second-order valence-corrected chi connectivity index (χ2v) is 4.47. The Morgan fingerprint density at radius 3 is 2.87 bits per heavy atom. The lowest BCUT2D eigenvalue weighted by molar-refractivity contribution is 0.184. The molecular formula is C13H19NO. The van der Waals surface area contributed by atoms with E-state index in [-0.39, 0.29) is 6.10 Å². The number of aliphatic hydroxyl groups excluding tert-OH is 1. The summed E-state index contributed by atoms with van der Waals surface area (Å²) in [6.07, 6.45) is 3.20. The van der Waals surface area contributed by atoms with Crippen molar-refractivity contribution in [2.24, 2.45) is 0 Å². The van der Waals surface area contributed by atoms with Gasteiger partial charge in [-0.15, -0.1) is 0 Å². The van der Waals surface area contributed by atoms with Gasteiger partial charge in [-0.1, -0.05) is 24.3 Å². The average Bonchev–Trinajstić information content (AvgIpc) is 2.26. The molecule has 0 aromatic heterocycles. The molecule has 0 aliphatic heterocycles. The predicted octanol–water partition coefficient (Wildman–Crippen LogP) is 1.51. The van der Waals surface area contributed by atoms with Crippen molar-refractivity contribution in [3.63, 3.8) is 0 Å². The second kappa shape index (κ2) is 4.77. The fourth-order valence-corrected chi connectivity index (χ4v) is 2.21. The van der Waals surface area contributed by atoms with Gasteiger partial charge in [0.05, 0.1) is 6.10 Å². The van der Waals surface area contributed by atoms with Crippen LogP contribution < -0.4 is 5.32 Å². The maximum atomic E-state index is 9.22. The van der Waals surface area contributed by atoms with Crippen LogP contribution in [0.3, 0.4) is 0 Å². The van der Waals surface area contributed by atoms with Crippen molar-refractivity contribution in [2.75, 3.05) is 6.54 Å². The first-order valence-electron chi connectivity index (χ1n) is 5.74. The van der Waals surface area contributed by atoms with Crippen molar-refractivity contribution in [1.82, 2.24) is 5.32 Å². The van der Waals surface area contributed by atoms with E-state index >= 15 is 0 Å². The smallest absolute Gasteiger partial charge is 0.0636 e. The Labute approximate surface area is 91.3 Å². The summed E-state index contributed by atoms with van der Waals surface area (Å²) in [5, 5.41) is 12.6. The molecule has 0 bridgehead atoms. The minimum Gasteiger partial charge on any atom is -0.392 e. The van der Waals surface area contributed by atoms with Crippen molar-refractivity contribution in [2.45, 2.75) is 38.3 Å². The maximum absolute atomic E-state index is 9.22. The molecule has 0 radical (unpaired) electrons. The summed E-state index contributed by atoms with van der Waals surface area (Å²) in [6.45, 7) is 2.52. The van der Waals surface area contributed by atoms with Gasteiger partial charge in [0, 0.05) is 12.6 Å². The largest absolute Gasteiger partial charge is 0.392 e. The molecule has 15 heavy (non-hydrogen) atoms. The third-order valence-corrected chi connectivity index (χ3v) is 3.05. The highest BCUT2D eigenvalue weighted by atomic mass is 16.3. The SMILES string of the molecule is C[C@H](O)CNC1CCc2ccccc2C1. The van der Waals surface area contributed by atoms with Gasteiger partial charge in [0.15, 0.2) is 0 Å². The lowest BCUT2D eigenvalue weighted by Crippen LogP contribution is -2.38. The Hall–Kier alpha value is -0.860. The standard InChI is InChI=1S/C13H19NO/c1-10(15)9-14-13-7-6-11-4-2-3-5-12(11)8-13/h2-5,10,13-15H,6-9H2,1H3/t10-,13?/m0/s1. The van der Waals surface area contributed by atoms with E-state index in [2.05, 4.69) is 29.6 Å². The molecule has 0 fully saturated rings. The highest BCUT2D eigenvalue weighted by Crippen LogP contribution is 2.20. The summed E-state index contributed by atoms with van der Waals surface area (Å²) >= 11 is 0. The van der Waals surface area contributed by atoms with E-state index in [1.54, 1.807) is 0 Å². The van der Waals surface area contributed by atoms with Crippen LogP contribution in [-0.2, 0) is 12.8 Å². The highest BCUT2D eigenvalue weighted by molar-refractivity contribution is 5.30. The molecule has 0 heterocycles. The Balaban J connectivity index is 1.94. The molecular weight excluding hydrogens is 186 g/mol. The van der Waals surface area contributed by atoms with Gasteiger partial charge in [-0.2, -0.15) is 0 Å². The summed E-state index contributed by atoms with van der Waals surface area (Å²) in [7, 11) is 0. The maximum Gasteiger partial charge on any atom is 0.0636 e. The van der Waals surface area contributed by atoms with Gasteiger partial charge in [-0.05, 0) is 37.3 Å². The molecule has 2 N–H and O–H groups in total. The lowest BCUT2D eigenvalue weighted by atomic mass is 9.88. The number of hydrogen-bond donors (Lipinski definition) is 2. The third kappa shape index (κ3) is 2.80. The van der Waals surface area contributed by atoms with Crippen molar-refractivity contribution in [3.05, 3.63) is 35.4 Å². The molecule has 1 aromatic carbocycles. The first-order valence-corrected chi connectivity index (χ1v) is 5.74. The zero-order valence-corrected chi connectivity index (χ0v) is 9.24. The van der Waals surface area contributed by atoms with Crippen molar-refractivity contribution in [1.29, 1.82) is 0 Å². The molecule has 1 aromatic rings. The Morgan fingerprint density at radius 1 is 1.40 bits per heavy atom. The predicted molar refractivity (Wildman–Crippen MR) is 61.9 cm³/mol. The van der Waals surface area contributed by atoms with E-state index < -0.39 is 0 Å². The van der Waals surface area contributed by atoms with Crippen molar-refractivity contribution < 1.29 is 5.11 Å². The van der Waals surface area contributed by atoms with Gasteiger partial charge in [0.1, 0.15) is 0 Å². The fraction of sp³-hybridized carbons (Fsp3) is 0.538. The van der Waals surface area contributed by atoms with Crippen molar-refractivity contribution >= 4 is 0 Å². The number of aryl methyl sites for hydroxylation is 1. The first-order chi connectivity index (χ1) is 7.25. The number of hydrogen-bond acceptors (Lipinski definition) is 2. The van der Waals surface area contributed by atoms with Crippen LogP contribution in [0.5, 0.6) is 0 Å². The second-order valence-electron chi connectivity index (χ2n) is 4.47. The lowest BCUT2D eigenvalue weighted by Gasteiger charge is -2.26. The summed E-state index contributed by atoms with van der Waals surface area (Å²) < 4.78 is 0. The van der Waals surface area contributed by atoms with Gasteiger partial charge >= 0.3 is 0 Å². The molecule has 2 heteroatoms. The monoisotopic (exact) mass is 205 g/mol. The minimum atomic E-state index is -0.248. The van der Waals surface area contributed by atoms with Crippen LogP contribution in [0.1, 0.15) is 24.5 Å². The Kier molecular flexibility index (Phi) is 3.39. The van der Waals surface area contributed by atoms with Gasteiger partial charge in [0.2, 0.25) is 0 Å². The number of nitrogens with one attached hydrogen (secondary N) is 1. The molecule has 0 amide bonds. The van der Waals surface area contributed by atoms with E-state index in [4.69, 9.17) is 0 Å². The third-order valence-electron chi connectivity index (χ3n) is 3.05. The molecule has 2 nitrogen and oxygen atoms in total. The van der Waals surface area contributed by atoms with E-state index in [0.717, 1.165) is 12.8 Å². The molecule has 0 saturated carbocycles. The van der Waals surface area contributed by atoms with Crippen LogP contribution in [0.15, 0.2) is 24.3 Å². The van der Waals surface area contributed by atoms with Gasteiger partial charge in [0.25, 0.3) is 0 Å². The van der Waals surface area contributed by atoms with E-state index in [9.17, 15) is 5.11 Å². The molecule has 0 saturated heterocycles. The highest BCUT2D eigenvalue weighted by Gasteiger charge is 2.17.